The molecule has 0 aliphatic carbocycles. The molecule has 0 bridgehead atoms. The third-order valence-electron chi connectivity index (χ3n) is 4.77. The first-order chi connectivity index (χ1) is 12.5. The topological polar surface area (TPSA) is 69.6 Å². The van der Waals surface area contributed by atoms with E-state index in [0.717, 1.165) is 36.1 Å². The van der Waals surface area contributed by atoms with Crippen molar-refractivity contribution in [3.8, 4) is 0 Å². The normalized spacial score (nSPS) is 19.3. The zero-order valence-corrected chi connectivity index (χ0v) is 16.6. The number of hydrogen-bond acceptors (Lipinski definition) is 7. The number of sulfonamides is 1. The second kappa shape index (κ2) is 7.30. The molecule has 7 nitrogen and oxygen atoms in total. The Morgan fingerprint density at radius 2 is 1.42 bits per heavy atom. The van der Waals surface area contributed by atoms with Crippen molar-refractivity contribution < 1.29 is 8.42 Å². The van der Waals surface area contributed by atoms with E-state index in [9.17, 15) is 8.42 Å². The summed E-state index contributed by atoms with van der Waals surface area (Å²) in [5.74, 6) is 1.71. The first-order valence-corrected chi connectivity index (χ1v) is 11.3. The fourth-order valence-corrected chi connectivity index (χ4v) is 6.38. The Morgan fingerprint density at radius 3 is 1.92 bits per heavy atom. The number of nitrogens with zero attached hydrogens (tertiary/aromatic N) is 5. The van der Waals surface area contributed by atoms with Crippen LogP contribution in [0.15, 0.2) is 28.5 Å². The van der Waals surface area contributed by atoms with Crippen LogP contribution in [0.2, 0.25) is 4.34 Å². The van der Waals surface area contributed by atoms with E-state index in [1.165, 1.54) is 17.1 Å². The van der Waals surface area contributed by atoms with Crippen molar-refractivity contribution in [1.29, 1.82) is 0 Å². The molecule has 140 valence electrons. The Labute approximate surface area is 162 Å². The third-order valence-corrected chi connectivity index (χ3v) is 8.37. The maximum atomic E-state index is 12.7. The van der Waals surface area contributed by atoms with Crippen LogP contribution >= 0.6 is 22.9 Å². The highest BCUT2D eigenvalue weighted by molar-refractivity contribution is 7.91. The Bertz CT molecular complexity index is 857. The largest absolute Gasteiger partial charge is 0.355 e. The summed E-state index contributed by atoms with van der Waals surface area (Å²) < 4.78 is 27.6. The fraction of sp³-hybridized carbons (Fsp3) is 0.500. The van der Waals surface area contributed by atoms with Gasteiger partial charge in [-0.3, -0.25) is 0 Å². The lowest BCUT2D eigenvalue weighted by Gasteiger charge is -2.34. The Hall–Kier alpha value is -1.42. The maximum absolute atomic E-state index is 12.7. The van der Waals surface area contributed by atoms with E-state index in [1.54, 1.807) is 12.1 Å². The summed E-state index contributed by atoms with van der Waals surface area (Å²) in [5, 5.41) is 8.69. The average Bonchev–Trinajstić information content (AvgIpc) is 3.34. The monoisotopic (exact) mass is 413 g/mol. The van der Waals surface area contributed by atoms with Crippen LogP contribution in [0, 0.1) is 0 Å². The van der Waals surface area contributed by atoms with Crippen molar-refractivity contribution in [1.82, 2.24) is 14.5 Å². The molecule has 2 aliphatic rings. The van der Waals surface area contributed by atoms with E-state index in [4.69, 9.17) is 11.6 Å². The molecule has 2 aromatic rings. The smallest absolute Gasteiger partial charge is 0.252 e. The van der Waals surface area contributed by atoms with Gasteiger partial charge in [0.1, 0.15) is 4.21 Å². The summed E-state index contributed by atoms with van der Waals surface area (Å²) in [6.45, 7) is 4.11. The van der Waals surface area contributed by atoms with E-state index in [1.807, 2.05) is 12.1 Å². The van der Waals surface area contributed by atoms with Crippen molar-refractivity contribution in [2.24, 2.45) is 0 Å². The molecule has 0 spiro atoms. The number of thiophene rings is 1. The predicted octanol–water partition coefficient (Wildman–Crippen LogP) is 2.30. The summed E-state index contributed by atoms with van der Waals surface area (Å²) in [6, 6.07) is 7.17. The molecule has 10 heteroatoms. The minimum absolute atomic E-state index is 0.297. The zero-order valence-electron chi connectivity index (χ0n) is 14.2. The fourth-order valence-electron chi connectivity index (χ4n) is 3.32. The number of anilines is 2. The molecule has 26 heavy (non-hydrogen) atoms. The van der Waals surface area contributed by atoms with Crippen LogP contribution < -0.4 is 9.80 Å². The zero-order chi connectivity index (χ0) is 18.1. The van der Waals surface area contributed by atoms with Crippen LogP contribution in [0.3, 0.4) is 0 Å². The Kier molecular flexibility index (Phi) is 5.05. The minimum Gasteiger partial charge on any atom is -0.355 e. The molecule has 4 rings (SSSR count). The SMILES string of the molecule is O=S(=O)(c1ccc(Cl)s1)N1CCN(c2ccc(N3CCCC3)nn2)CC1. The molecule has 0 radical (unpaired) electrons. The molecule has 2 saturated heterocycles. The summed E-state index contributed by atoms with van der Waals surface area (Å²) in [7, 11) is -3.47. The van der Waals surface area contributed by atoms with Crippen LogP contribution in [0.25, 0.3) is 0 Å². The molecule has 0 saturated carbocycles. The molecular weight excluding hydrogens is 394 g/mol. The molecule has 2 fully saturated rings. The van der Waals surface area contributed by atoms with E-state index in [-0.39, 0.29) is 0 Å². The van der Waals surface area contributed by atoms with Crippen molar-refractivity contribution in [2.45, 2.75) is 17.1 Å². The van der Waals surface area contributed by atoms with Gasteiger partial charge in [0.15, 0.2) is 11.6 Å². The van der Waals surface area contributed by atoms with Gasteiger partial charge in [-0.1, -0.05) is 11.6 Å². The quantitative estimate of drug-likeness (QED) is 0.766. The molecular formula is C16H20ClN5O2S2. The third kappa shape index (κ3) is 3.53. The second-order valence-corrected chi connectivity index (χ2v) is 10.3. The van der Waals surface area contributed by atoms with E-state index in [0.29, 0.717) is 34.7 Å². The summed E-state index contributed by atoms with van der Waals surface area (Å²) in [6.07, 6.45) is 2.41. The highest BCUT2D eigenvalue weighted by Gasteiger charge is 2.30. The van der Waals surface area contributed by atoms with Crippen LogP contribution in [0.4, 0.5) is 11.6 Å². The van der Waals surface area contributed by atoms with Gasteiger partial charge in [0, 0.05) is 39.3 Å². The van der Waals surface area contributed by atoms with E-state index >= 15 is 0 Å². The maximum Gasteiger partial charge on any atom is 0.252 e. The molecule has 0 unspecified atom stereocenters. The van der Waals surface area contributed by atoms with Crippen molar-refractivity contribution in [3.05, 3.63) is 28.6 Å². The molecule has 0 amide bonds. The number of aromatic nitrogens is 2. The van der Waals surface area contributed by atoms with Gasteiger partial charge in [-0.05, 0) is 37.1 Å². The Balaban J connectivity index is 1.40. The van der Waals surface area contributed by atoms with Crippen molar-refractivity contribution in [3.63, 3.8) is 0 Å². The lowest BCUT2D eigenvalue weighted by atomic mass is 10.3. The van der Waals surface area contributed by atoms with E-state index < -0.39 is 10.0 Å². The highest BCUT2D eigenvalue weighted by Crippen LogP contribution is 2.29. The van der Waals surface area contributed by atoms with Gasteiger partial charge in [0.05, 0.1) is 4.34 Å². The van der Waals surface area contributed by atoms with Gasteiger partial charge < -0.3 is 9.80 Å². The van der Waals surface area contributed by atoms with Gasteiger partial charge in [0.2, 0.25) is 0 Å². The minimum atomic E-state index is -3.47. The lowest BCUT2D eigenvalue weighted by molar-refractivity contribution is 0.384. The van der Waals surface area contributed by atoms with E-state index in [2.05, 4.69) is 20.0 Å². The molecule has 2 aliphatic heterocycles. The average molecular weight is 414 g/mol. The van der Waals surface area contributed by atoms with Crippen molar-refractivity contribution in [2.75, 3.05) is 49.1 Å². The molecule has 4 heterocycles. The van der Waals surface area contributed by atoms with Crippen LogP contribution in [0.5, 0.6) is 0 Å². The van der Waals surface area contributed by atoms with Gasteiger partial charge in [0.25, 0.3) is 10.0 Å². The number of halogens is 1. The van der Waals surface area contributed by atoms with Gasteiger partial charge in [-0.2, -0.15) is 4.31 Å². The number of piperazine rings is 1. The van der Waals surface area contributed by atoms with Crippen LogP contribution in [-0.4, -0.2) is 62.2 Å². The Morgan fingerprint density at radius 1 is 0.846 bits per heavy atom. The molecule has 2 aromatic heterocycles. The molecule has 0 atom stereocenters. The van der Waals surface area contributed by atoms with Gasteiger partial charge >= 0.3 is 0 Å². The standard InChI is InChI=1S/C16H20ClN5O2S2/c17-13-3-6-16(25-13)26(23,24)22-11-9-21(10-12-22)15-5-4-14(18-19-15)20-7-1-2-8-20/h3-6H,1-2,7-12H2. The summed E-state index contributed by atoms with van der Waals surface area (Å²) in [4.78, 5) is 4.32. The highest BCUT2D eigenvalue weighted by atomic mass is 35.5. The predicted molar refractivity (Wildman–Crippen MR) is 104 cm³/mol. The lowest BCUT2D eigenvalue weighted by Crippen LogP contribution is -2.48. The number of hydrogen-bond donors (Lipinski definition) is 0. The van der Waals surface area contributed by atoms with Gasteiger partial charge in [-0.25, -0.2) is 8.42 Å². The first-order valence-electron chi connectivity index (χ1n) is 8.63. The number of rotatable bonds is 4. The molecule has 0 N–H and O–H groups in total. The van der Waals surface area contributed by atoms with Crippen molar-refractivity contribution >= 4 is 44.6 Å². The first kappa shape index (κ1) is 18.0. The van der Waals surface area contributed by atoms with Crippen LogP contribution in [0.1, 0.15) is 12.8 Å². The molecule has 0 aromatic carbocycles. The second-order valence-electron chi connectivity index (χ2n) is 6.39. The van der Waals surface area contributed by atoms with Crippen LogP contribution in [-0.2, 0) is 10.0 Å². The summed E-state index contributed by atoms with van der Waals surface area (Å²) in [5.41, 5.74) is 0. The van der Waals surface area contributed by atoms with Gasteiger partial charge in [-0.15, -0.1) is 21.5 Å². The summed E-state index contributed by atoms with van der Waals surface area (Å²) >= 11 is 6.97.